The van der Waals surface area contributed by atoms with E-state index in [1.807, 2.05) is 18.3 Å². The SMILES string of the molecule is CCC(N)=NC(C)c1cc(C)sc1C. The van der Waals surface area contributed by atoms with Gasteiger partial charge in [0.15, 0.2) is 0 Å². The van der Waals surface area contributed by atoms with Gasteiger partial charge in [-0.2, -0.15) is 0 Å². The van der Waals surface area contributed by atoms with E-state index in [-0.39, 0.29) is 6.04 Å². The molecule has 0 amide bonds. The number of nitrogens with two attached hydrogens (primary N) is 1. The van der Waals surface area contributed by atoms with Crippen molar-refractivity contribution in [2.24, 2.45) is 10.7 Å². The smallest absolute Gasteiger partial charge is 0.0941 e. The molecule has 0 radical (unpaired) electrons. The lowest BCUT2D eigenvalue weighted by Crippen LogP contribution is -2.11. The summed E-state index contributed by atoms with van der Waals surface area (Å²) in [4.78, 5) is 7.13. The first kappa shape index (κ1) is 11.2. The molecule has 1 aromatic rings. The number of aryl methyl sites for hydroxylation is 2. The molecule has 1 rings (SSSR count). The molecule has 0 fully saturated rings. The molecule has 0 aliphatic heterocycles. The largest absolute Gasteiger partial charge is 0.387 e. The van der Waals surface area contributed by atoms with E-state index in [1.54, 1.807) is 0 Å². The summed E-state index contributed by atoms with van der Waals surface area (Å²) in [7, 11) is 0. The molecular formula is C11H18N2S. The van der Waals surface area contributed by atoms with E-state index in [0.717, 1.165) is 12.3 Å². The molecule has 1 atom stereocenters. The van der Waals surface area contributed by atoms with Gasteiger partial charge in [0.1, 0.15) is 0 Å². The van der Waals surface area contributed by atoms with Crippen LogP contribution in [0.2, 0.25) is 0 Å². The van der Waals surface area contributed by atoms with Gasteiger partial charge < -0.3 is 5.73 Å². The molecule has 1 unspecified atom stereocenters. The maximum Gasteiger partial charge on any atom is 0.0941 e. The Morgan fingerprint density at radius 2 is 2.21 bits per heavy atom. The van der Waals surface area contributed by atoms with Crippen LogP contribution in [0.5, 0.6) is 0 Å². The Morgan fingerprint density at radius 3 is 2.64 bits per heavy atom. The molecule has 0 spiro atoms. The van der Waals surface area contributed by atoms with Gasteiger partial charge in [-0.05, 0) is 32.4 Å². The zero-order valence-corrected chi connectivity index (χ0v) is 10.1. The highest BCUT2D eigenvalue weighted by Gasteiger charge is 2.09. The van der Waals surface area contributed by atoms with Crippen LogP contribution in [0.1, 0.15) is 41.6 Å². The fourth-order valence-electron chi connectivity index (χ4n) is 1.47. The number of aliphatic imine (C=N–C) groups is 1. The van der Waals surface area contributed by atoms with Crippen molar-refractivity contribution in [2.45, 2.75) is 40.2 Å². The standard InChI is InChI=1S/C11H18N2S/c1-5-11(12)13-8(3)10-6-7(2)14-9(10)4/h6,8H,5H2,1-4H3,(H2,12,13). The summed E-state index contributed by atoms with van der Waals surface area (Å²) in [6.45, 7) is 8.39. The Labute approximate surface area is 89.9 Å². The van der Waals surface area contributed by atoms with Crippen LogP contribution in [0.15, 0.2) is 11.1 Å². The van der Waals surface area contributed by atoms with Gasteiger partial charge in [0.2, 0.25) is 0 Å². The summed E-state index contributed by atoms with van der Waals surface area (Å²) < 4.78 is 0. The van der Waals surface area contributed by atoms with Crippen molar-refractivity contribution in [2.75, 3.05) is 0 Å². The lowest BCUT2D eigenvalue weighted by atomic mass is 10.1. The molecule has 78 valence electrons. The number of nitrogens with zero attached hydrogens (tertiary/aromatic N) is 1. The molecular weight excluding hydrogens is 192 g/mol. The fraction of sp³-hybridized carbons (Fsp3) is 0.545. The van der Waals surface area contributed by atoms with Gasteiger partial charge in [0.05, 0.1) is 11.9 Å². The Bertz CT molecular complexity index is 339. The zero-order chi connectivity index (χ0) is 10.7. The highest BCUT2D eigenvalue weighted by atomic mass is 32.1. The van der Waals surface area contributed by atoms with E-state index < -0.39 is 0 Å². The van der Waals surface area contributed by atoms with Crippen molar-refractivity contribution >= 4 is 17.2 Å². The molecule has 0 aromatic carbocycles. The molecule has 0 aliphatic rings. The molecule has 0 saturated carbocycles. The topological polar surface area (TPSA) is 38.4 Å². The maximum absolute atomic E-state index is 5.72. The zero-order valence-electron chi connectivity index (χ0n) is 9.29. The molecule has 0 aliphatic carbocycles. The van der Waals surface area contributed by atoms with E-state index in [1.165, 1.54) is 15.3 Å². The highest BCUT2D eigenvalue weighted by Crippen LogP contribution is 2.28. The third-order valence-corrected chi connectivity index (χ3v) is 3.23. The van der Waals surface area contributed by atoms with Crippen molar-refractivity contribution in [3.05, 3.63) is 21.4 Å². The van der Waals surface area contributed by atoms with Crippen molar-refractivity contribution < 1.29 is 0 Å². The second kappa shape index (κ2) is 4.60. The van der Waals surface area contributed by atoms with E-state index >= 15 is 0 Å². The lowest BCUT2D eigenvalue weighted by molar-refractivity contribution is 0.810. The van der Waals surface area contributed by atoms with E-state index in [0.29, 0.717) is 0 Å². The Morgan fingerprint density at radius 1 is 1.57 bits per heavy atom. The number of hydrogen-bond acceptors (Lipinski definition) is 2. The van der Waals surface area contributed by atoms with Crippen molar-refractivity contribution in [3.63, 3.8) is 0 Å². The maximum atomic E-state index is 5.72. The van der Waals surface area contributed by atoms with E-state index in [2.05, 4.69) is 31.8 Å². The van der Waals surface area contributed by atoms with E-state index in [9.17, 15) is 0 Å². The predicted octanol–water partition coefficient (Wildman–Crippen LogP) is 3.19. The van der Waals surface area contributed by atoms with Crippen molar-refractivity contribution in [3.8, 4) is 0 Å². The Hall–Kier alpha value is -0.830. The molecule has 3 heteroatoms. The first-order chi connectivity index (χ1) is 6.54. The summed E-state index contributed by atoms with van der Waals surface area (Å²) in [5.74, 6) is 0.737. The first-order valence-electron chi connectivity index (χ1n) is 4.93. The third-order valence-electron chi connectivity index (χ3n) is 2.25. The Kier molecular flexibility index (Phi) is 3.69. The van der Waals surface area contributed by atoms with Gasteiger partial charge in [0.25, 0.3) is 0 Å². The second-order valence-electron chi connectivity index (χ2n) is 3.52. The minimum absolute atomic E-state index is 0.194. The Balaban J connectivity index is 2.89. The van der Waals surface area contributed by atoms with Crippen LogP contribution >= 0.6 is 11.3 Å². The predicted molar refractivity (Wildman–Crippen MR) is 64.1 cm³/mol. The van der Waals surface area contributed by atoms with Crippen LogP contribution < -0.4 is 5.73 Å². The minimum atomic E-state index is 0.194. The highest BCUT2D eigenvalue weighted by molar-refractivity contribution is 7.12. The third kappa shape index (κ3) is 2.58. The molecule has 2 N–H and O–H groups in total. The van der Waals surface area contributed by atoms with Gasteiger partial charge in [-0.1, -0.05) is 6.92 Å². The normalized spacial score (nSPS) is 14.4. The monoisotopic (exact) mass is 210 g/mol. The first-order valence-corrected chi connectivity index (χ1v) is 5.75. The average Bonchev–Trinajstić information content (AvgIpc) is 2.45. The van der Waals surface area contributed by atoms with Crippen LogP contribution in [0.25, 0.3) is 0 Å². The lowest BCUT2D eigenvalue weighted by Gasteiger charge is -2.06. The summed E-state index contributed by atoms with van der Waals surface area (Å²) in [6.07, 6.45) is 0.826. The fourth-order valence-corrected chi connectivity index (χ4v) is 2.49. The average molecular weight is 210 g/mol. The number of amidine groups is 1. The second-order valence-corrected chi connectivity index (χ2v) is 4.98. The van der Waals surface area contributed by atoms with Crippen molar-refractivity contribution in [1.29, 1.82) is 0 Å². The number of rotatable bonds is 3. The van der Waals surface area contributed by atoms with Gasteiger partial charge in [0, 0.05) is 16.2 Å². The van der Waals surface area contributed by atoms with Crippen LogP contribution in [0, 0.1) is 13.8 Å². The van der Waals surface area contributed by atoms with E-state index in [4.69, 9.17) is 5.73 Å². The number of thiophene rings is 1. The van der Waals surface area contributed by atoms with Gasteiger partial charge in [-0.15, -0.1) is 11.3 Å². The molecule has 0 bridgehead atoms. The summed E-state index contributed by atoms with van der Waals surface area (Å²) in [5.41, 5.74) is 7.03. The van der Waals surface area contributed by atoms with Crippen LogP contribution in [-0.4, -0.2) is 5.84 Å². The summed E-state index contributed by atoms with van der Waals surface area (Å²) >= 11 is 1.82. The summed E-state index contributed by atoms with van der Waals surface area (Å²) in [5, 5.41) is 0. The molecule has 1 aromatic heterocycles. The van der Waals surface area contributed by atoms with Gasteiger partial charge in [-0.25, -0.2) is 0 Å². The quantitative estimate of drug-likeness (QED) is 0.604. The van der Waals surface area contributed by atoms with Crippen molar-refractivity contribution in [1.82, 2.24) is 0 Å². The number of hydrogen-bond donors (Lipinski definition) is 1. The van der Waals surface area contributed by atoms with Crippen LogP contribution in [0.3, 0.4) is 0 Å². The van der Waals surface area contributed by atoms with Crippen LogP contribution in [-0.2, 0) is 0 Å². The molecule has 0 saturated heterocycles. The molecule has 1 heterocycles. The molecule has 14 heavy (non-hydrogen) atoms. The van der Waals surface area contributed by atoms with Gasteiger partial charge >= 0.3 is 0 Å². The summed E-state index contributed by atoms with van der Waals surface area (Å²) in [6, 6.07) is 2.40. The minimum Gasteiger partial charge on any atom is -0.387 e. The van der Waals surface area contributed by atoms with Crippen LogP contribution in [0.4, 0.5) is 0 Å². The molecule has 2 nitrogen and oxygen atoms in total. The van der Waals surface area contributed by atoms with Gasteiger partial charge in [-0.3, -0.25) is 4.99 Å².